The zero-order valence-corrected chi connectivity index (χ0v) is 10.5. The zero-order valence-electron chi connectivity index (χ0n) is 8.89. The maximum Gasteiger partial charge on any atom is 0.326 e. The summed E-state index contributed by atoms with van der Waals surface area (Å²) < 4.78 is 15.8. The molecule has 16 heavy (non-hydrogen) atoms. The topological polar surface area (TPSA) is 37.8 Å². The van der Waals surface area contributed by atoms with Crippen LogP contribution in [-0.4, -0.2) is 9.55 Å². The Morgan fingerprint density at radius 3 is 2.94 bits per heavy atom. The summed E-state index contributed by atoms with van der Waals surface area (Å²) in [5.41, 5.74) is 0.628. The molecule has 0 saturated heterocycles. The number of nitrogens with one attached hydrogen (secondary N) is 1. The van der Waals surface area contributed by atoms with Crippen LogP contribution in [0.25, 0.3) is 11.0 Å². The second kappa shape index (κ2) is 4.41. The summed E-state index contributed by atoms with van der Waals surface area (Å²) in [4.78, 5) is 14.2. The standard InChI is InChI=1S/C11H12BrFN2O/c1-2-3-6-15-10-7(12)4-5-8(13)9(10)14-11(15)16/h4-5H,2-3,6H2,1H3,(H,14,16). The minimum atomic E-state index is -0.398. The van der Waals surface area contributed by atoms with Crippen LogP contribution >= 0.6 is 15.9 Å². The maximum absolute atomic E-state index is 13.5. The van der Waals surface area contributed by atoms with Crippen molar-refractivity contribution in [1.29, 1.82) is 0 Å². The number of nitrogens with zero attached hydrogens (tertiary/aromatic N) is 1. The third kappa shape index (κ3) is 1.80. The van der Waals surface area contributed by atoms with E-state index in [1.807, 2.05) is 0 Å². The Kier molecular flexibility index (Phi) is 3.14. The van der Waals surface area contributed by atoms with Crippen molar-refractivity contribution in [3.8, 4) is 0 Å². The van der Waals surface area contributed by atoms with Gasteiger partial charge in [-0.1, -0.05) is 13.3 Å². The lowest BCUT2D eigenvalue weighted by molar-refractivity contribution is 0.628. The van der Waals surface area contributed by atoms with Gasteiger partial charge in [0.15, 0.2) is 0 Å². The molecule has 0 unspecified atom stereocenters. The second-order valence-electron chi connectivity index (χ2n) is 3.69. The fourth-order valence-corrected chi connectivity index (χ4v) is 2.27. The highest BCUT2D eigenvalue weighted by Crippen LogP contribution is 2.24. The van der Waals surface area contributed by atoms with Crippen LogP contribution in [0.1, 0.15) is 19.8 Å². The molecule has 2 rings (SSSR count). The predicted molar refractivity (Wildman–Crippen MR) is 65.1 cm³/mol. The van der Waals surface area contributed by atoms with Crippen molar-refractivity contribution in [1.82, 2.24) is 9.55 Å². The van der Waals surface area contributed by atoms with Crippen LogP contribution in [0.15, 0.2) is 21.4 Å². The van der Waals surface area contributed by atoms with Crippen LogP contribution in [0.3, 0.4) is 0 Å². The molecule has 0 spiro atoms. The van der Waals surface area contributed by atoms with E-state index in [2.05, 4.69) is 27.8 Å². The first-order valence-corrected chi connectivity index (χ1v) is 6.01. The van der Waals surface area contributed by atoms with Crippen LogP contribution in [0.4, 0.5) is 4.39 Å². The van der Waals surface area contributed by atoms with Gasteiger partial charge >= 0.3 is 5.69 Å². The zero-order chi connectivity index (χ0) is 11.7. The average Bonchev–Trinajstić information content (AvgIpc) is 2.59. The van der Waals surface area contributed by atoms with E-state index < -0.39 is 5.82 Å². The fraction of sp³-hybridized carbons (Fsp3) is 0.364. The van der Waals surface area contributed by atoms with Gasteiger partial charge < -0.3 is 4.98 Å². The molecule has 0 aliphatic rings. The molecule has 0 bridgehead atoms. The summed E-state index contributed by atoms with van der Waals surface area (Å²) >= 11 is 3.34. The summed E-state index contributed by atoms with van der Waals surface area (Å²) in [6.07, 6.45) is 1.89. The van der Waals surface area contributed by atoms with Gasteiger partial charge in [0.05, 0.1) is 5.52 Å². The summed E-state index contributed by atoms with van der Waals surface area (Å²) in [6.45, 7) is 2.66. The van der Waals surface area contributed by atoms with E-state index in [-0.39, 0.29) is 11.2 Å². The van der Waals surface area contributed by atoms with E-state index >= 15 is 0 Å². The number of aromatic amines is 1. The van der Waals surface area contributed by atoms with E-state index in [4.69, 9.17) is 0 Å². The first kappa shape index (κ1) is 11.4. The Morgan fingerprint density at radius 1 is 1.50 bits per heavy atom. The predicted octanol–water partition coefficient (Wildman–Crippen LogP) is 3.03. The number of imidazole rings is 1. The quantitative estimate of drug-likeness (QED) is 0.925. The minimum Gasteiger partial charge on any atom is -0.303 e. The normalized spacial score (nSPS) is 11.2. The van der Waals surface area contributed by atoms with E-state index in [1.54, 1.807) is 10.6 Å². The molecule has 5 heteroatoms. The van der Waals surface area contributed by atoms with Gasteiger partial charge in [-0.25, -0.2) is 9.18 Å². The molecule has 0 atom stereocenters. The number of aromatic nitrogens is 2. The molecule has 0 saturated carbocycles. The van der Waals surface area contributed by atoms with Crippen molar-refractivity contribution >= 4 is 27.0 Å². The van der Waals surface area contributed by atoms with Gasteiger partial charge in [-0.3, -0.25) is 4.57 Å². The Labute approximate surface area is 100 Å². The van der Waals surface area contributed by atoms with Crippen molar-refractivity contribution in [2.75, 3.05) is 0 Å². The number of hydrogen-bond donors (Lipinski definition) is 1. The minimum absolute atomic E-state index is 0.255. The van der Waals surface area contributed by atoms with Gasteiger partial charge in [-0.2, -0.15) is 0 Å². The van der Waals surface area contributed by atoms with E-state index in [1.165, 1.54) is 6.07 Å². The Balaban J connectivity index is 2.68. The molecule has 0 aliphatic heterocycles. The Hall–Kier alpha value is -1.10. The van der Waals surface area contributed by atoms with Gasteiger partial charge in [0.1, 0.15) is 11.3 Å². The van der Waals surface area contributed by atoms with Crippen molar-refractivity contribution < 1.29 is 4.39 Å². The smallest absolute Gasteiger partial charge is 0.303 e. The first-order chi connectivity index (χ1) is 7.65. The average molecular weight is 287 g/mol. The lowest BCUT2D eigenvalue weighted by Crippen LogP contribution is -2.16. The van der Waals surface area contributed by atoms with Crippen LogP contribution in [0.5, 0.6) is 0 Å². The lowest BCUT2D eigenvalue weighted by Gasteiger charge is -2.03. The molecule has 0 amide bonds. The third-order valence-electron chi connectivity index (χ3n) is 2.56. The number of aryl methyl sites for hydroxylation is 1. The lowest BCUT2D eigenvalue weighted by atomic mass is 10.3. The highest BCUT2D eigenvalue weighted by atomic mass is 79.9. The number of halogens is 2. The van der Waals surface area contributed by atoms with Crippen LogP contribution < -0.4 is 5.69 Å². The first-order valence-electron chi connectivity index (χ1n) is 5.21. The summed E-state index contributed by atoms with van der Waals surface area (Å²) in [6, 6.07) is 2.96. The maximum atomic E-state index is 13.5. The van der Waals surface area contributed by atoms with Gasteiger partial charge in [0, 0.05) is 11.0 Å². The molecule has 1 aromatic heterocycles. The third-order valence-corrected chi connectivity index (χ3v) is 3.20. The summed E-state index contributed by atoms with van der Waals surface area (Å²) in [5, 5.41) is 0. The summed E-state index contributed by atoms with van der Waals surface area (Å²) in [5.74, 6) is -0.398. The number of fused-ring (bicyclic) bond motifs is 1. The van der Waals surface area contributed by atoms with E-state index in [0.717, 1.165) is 17.3 Å². The van der Waals surface area contributed by atoms with Crippen molar-refractivity contribution in [2.24, 2.45) is 0 Å². The van der Waals surface area contributed by atoms with Crippen LogP contribution in [0, 0.1) is 5.82 Å². The molecule has 1 heterocycles. The molecular formula is C11H12BrFN2O. The van der Waals surface area contributed by atoms with Gasteiger partial charge in [-0.15, -0.1) is 0 Å². The van der Waals surface area contributed by atoms with Gasteiger partial charge in [0.25, 0.3) is 0 Å². The van der Waals surface area contributed by atoms with Crippen LogP contribution in [0.2, 0.25) is 0 Å². The Bertz CT molecular complexity index is 573. The monoisotopic (exact) mass is 286 g/mol. The highest BCUT2D eigenvalue weighted by molar-refractivity contribution is 9.10. The number of benzene rings is 1. The molecule has 0 aliphatic carbocycles. The molecule has 3 nitrogen and oxygen atoms in total. The SMILES string of the molecule is CCCCn1c(=O)[nH]c2c(F)ccc(Br)c21. The fourth-order valence-electron chi connectivity index (χ4n) is 1.73. The number of H-pyrrole nitrogens is 1. The number of unbranched alkanes of at least 4 members (excludes halogenated alkanes) is 1. The molecule has 0 fully saturated rings. The largest absolute Gasteiger partial charge is 0.326 e. The van der Waals surface area contributed by atoms with E-state index in [9.17, 15) is 9.18 Å². The molecule has 2 aromatic rings. The van der Waals surface area contributed by atoms with Crippen molar-refractivity contribution in [3.63, 3.8) is 0 Å². The summed E-state index contributed by atoms with van der Waals surface area (Å²) in [7, 11) is 0. The van der Waals surface area contributed by atoms with Crippen LogP contribution in [-0.2, 0) is 6.54 Å². The molecular weight excluding hydrogens is 275 g/mol. The van der Waals surface area contributed by atoms with E-state index in [0.29, 0.717) is 12.1 Å². The van der Waals surface area contributed by atoms with Crippen molar-refractivity contribution in [3.05, 3.63) is 32.9 Å². The highest BCUT2D eigenvalue weighted by Gasteiger charge is 2.12. The second-order valence-corrected chi connectivity index (χ2v) is 4.54. The molecule has 1 aromatic carbocycles. The molecule has 0 radical (unpaired) electrons. The van der Waals surface area contributed by atoms with Crippen molar-refractivity contribution in [2.45, 2.75) is 26.3 Å². The van der Waals surface area contributed by atoms with Gasteiger partial charge in [-0.05, 0) is 34.5 Å². The number of rotatable bonds is 3. The number of hydrogen-bond acceptors (Lipinski definition) is 1. The van der Waals surface area contributed by atoms with Gasteiger partial charge in [0.2, 0.25) is 0 Å². The molecule has 1 N–H and O–H groups in total. The molecule has 86 valence electrons. The Morgan fingerprint density at radius 2 is 2.25 bits per heavy atom.